The Labute approximate surface area is 153 Å². The molecular formula is C21H46N2O. The molecule has 24 heavy (non-hydrogen) atoms. The maximum Gasteiger partial charge on any atom is 0.115 e. The lowest BCUT2D eigenvalue weighted by Crippen LogP contribution is -2.52. The first-order valence-corrected chi connectivity index (χ1v) is 9.48. The molecule has 0 aliphatic heterocycles. The first kappa shape index (κ1) is 23.9. The quantitative estimate of drug-likeness (QED) is 0.570. The number of rotatable bonds is 8. The zero-order valence-corrected chi connectivity index (χ0v) is 18.8. The zero-order chi connectivity index (χ0) is 19.4. The van der Waals surface area contributed by atoms with Gasteiger partial charge in [-0.25, -0.2) is 0 Å². The van der Waals surface area contributed by atoms with Crippen LogP contribution >= 0.6 is 0 Å². The van der Waals surface area contributed by atoms with Crippen molar-refractivity contribution in [3.8, 4) is 0 Å². The fraction of sp³-hybridized carbons (Fsp3) is 1.00. The van der Waals surface area contributed by atoms with Crippen LogP contribution in [-0.4, -0.2) is 55.4 Å². The molecule has 0 fully saturated rings. The number of nitrogens with zero attached hydrogens (tertiary/aromatic N) is 2. The van der Waals surface area contributed by atoms with Gasteiger partial charge in [-0.2, -0.15) is 0 Å². The standard InChI is InChI=1S/C21H46N2O/c1-18(2,3)15-22(16-19(4,5)6)13-14-23(17-20(7,8)9)21(10,11)24-12/h13-17H2,1-12H3. The molecule has 3 heteroatoms. The molecule has 0 atom stereocenters. The van der Waals surface area contributed by atoms with Crippen LogP contribution in [0.1, 0.15) is 76.2 Å². The van der Waals surface area contributed by atoms with E-state index in [1.165, 1.54) is 0 Å². The Morgan fingerprint density at radius 3 is 1.25 bits per heavy atom. The number of hydrogen-bond donors (Lipinski definition) is 0. The van der Waals surface area contributed by atoms with Crippen molar-refractivity contribution in [3.05, 3.63) is 0 Å². The van der Waals surface area contributed by atoms with E-state index in [4.69, 9.17) is 4.74 Å². The fourth-order valence-electron chi connectivity index (χ4n) is 3.06. The molecule has 0 amide bonds. The van der Waals surface area contributed by atoms with Crippen molar-refractivity contribution in [1.29, 1.82) is 0 Å². The van der Waals surface area contributed by atoms with Crippen LogP contribution in [0.5, 0.6) is 0 Å². The van der Waals surface area contributed by atoms with Gasteiger partial charge in [0.15, 0.2) is 0 Å². The van der Waals surface area contributed by atoms with Crippen molar-refractivity contribution < 1.29 is 4.74 Å². The van der Waals surface area contributed by atoms with Gasteiger partial charge in [0.25, 0.3) is 0 Å². The van der Waals surface area contributed by atoms with Gasteiger partial charge in [0.2, 0.25) is 0 Å². The van der Waals surface area contributed by atoms with Crippen LogP contribution in [0.3, 0.4) is 0 Å². The predicted octanol–water partition coefficient (Wildman–Crippen LogP) is 5.11. The lowest BCUT2D eigenvalue weighted by Gasteiger charge is -2.43. The maximum absolute atomic E-state index is 5.79. The summed E-state index contributed by atoms with van der Waals surface area (Å²) in [5.74, 6) is 0. The Morgan fingerprint density at radius 1 is 0.583 bits per heavy atom. The van der Waals surface area contributed by atoms with Gasteiger partial charge in [-0.3, -0.25) is 4.90 Å². The highest BCUT2D eigenvalue weighted by atomic mass is 16.5. The molecule has 0 aromatic carbocycles. The Balaban J connectivity index is 5.08. The van der Waals surface area contributed by atoms with Crippen molar-refractivity contribution >= 4 is 0 Å². The molecule has 0 saturated carbocycles. The highest BCUT2D eigenvalue weighted by molar-refractivity contribution is 4.81. The van der Waals surface area contributed by atoms with E-state index < -0.39 is 0 Å². The van der Waals surface area contributed by atoms with Gasteiger partial charge >= 0.3 is 0 Å². The first-order chi connectivity index (χ1) is 10.5. The van der Waals surface area contributed by atoms with Gasteiger partial charge in [0, 0.05) is 39.8 Å². The minimum Gasteiger partial charge on any atom is -0.364 e. The molecule has 0 aliphatic rings. The minimum absolute atomic E-state index is 0.234. The highest BCUT2D eigenvalue weighted by Gasteiger charge is 2.31. The average molecular weight is 343 g/mol. The average Bonchev–Trinajstić information content (AvgIpc) is 2.28. The van der Waals surface area contributed by atoms with Gasteiger partial charge in [0.1, 0.15) is 5.72 Å². The summed E-state index contributed by atoms with van der Waals surface area (Å²) in [6, 6.07) is 0. The molecule has 0 aromatic heterocycles. The summed E-state index contributed by atoms with van der Waals surface area (Å²) in [5, 5.41) is 0. The smallest absolute Gasteiger partial charge is 0.115 e. The molecule has 0 rings (SSSR count). The molecule has 0 saturated heterocycles. The molecule has 0 bridgehead atoms. The number of hydrogen-bond acceptors (Lipinski definition) is 3. The topological polar surface area (TPSA) is 15.7 Å². The van der Waals surface area contributed by atoms with E-state index in [2.05, 4.69) is 86.0 Å². The van der Waals surface area contributed by atoms with Crippen LogP contribution in [0.2, 0.25) is 0 Å². The third kappa shape index (κ3) is 11.4. The molecule has 0 spiro atoms. The van der Waals surface area contributed by atoms with Crippen molar-refractivity contribution in [2.24, 2.45) is 16.2 Å². The van der Waals surface area contributed by atoms with Crippen molar-refractivity contribution in [1.82, 2.24) is 9.80 Å². The van der Waals surface area contributed by atoms with Crippen molar-refractivity contribution in [2.45, 2.75) is 81.9 Å². The molecule has 3 nitrogen and oxygen atoms in total. The van der Waals surface area contributed by atoms with Crippen LogP contribution in [-0.2, 0) is 4.74 Å². The van der Waals surface area contributed by atoms with Crippen LogP contribution in [0.15, 0.2) is 0 Å². The van der Waals surface area contributed by atoms with Gasteiger partial charge in [-0.15, -0.1) is 0 Å². The fourth-order valence-corrected chi connectivity index (χ4v) is 3.06. The second-order valence-corrected chi connectivity index (χ2v) is 11.5. The first-order valence-electron chi connectivity index (χ1n) is 9.48. The Morgan fingerprint density at radius 2 is 0.958 bits per heavy atom. The normalized spacial score (nSPS) is 14.8. The Kier molecular flexibility index (Phi) is 8.47. The van der Waals surface area contributed by atoms with Gasteiger partial charge in [0.05, 0.1) is 0 Å². The SMILES string of the molecule is COC(C)(C)N(CCN(CC(C)(C)C)CC(C)(C)C)CC(C)(C)C. The molecule has 0 N–H and O–H groups in total. The van der Waals surface area contributed by atoms with Gasteiger partial charge < -0.3 is 9.64 Å². The van der Waals surface area contributed by atoms with E-state index in [0.717, 1.165) is 32.7 Å². The summed E-state index contributed by atoms with van der Waals surface area (Å²) in [6.07, 6.45) is 0. The lowest BCUT2D eigenvalue weighted by molar-refractivity contribution is -0.122. The second-order valence-electron chi connectivity index (χ2n) is 11.5. The molecule has 0 radical (unpaired) electrons. The van der Waals surface area contributed by atoms with Gasteiger partial charge in [-0.05, 0) is 30.1 Å². The summed E-state index contributed by atoms with van der Waals surface area (Å²) in [4.78, 5) is 5.12. The van der Waals surface area contributed by atoms with Crippen LogP contribution in [0.4, 0.5) is 0 Å². The third-order valence-corrected chi connectivity index (χ3v) is 4.01. The van der Waals surface area contributed by atoms with Crippen LogP contribution in [0.25, 0.3) is 0 Å². The molecule has 0 heterocycles. The summed E-state index contributed by atoms with van der Waals surface area (Å²) in [7, 11) is 1.82. The van der Waals surface area contributed by atoms with E-state index in [1.807, 2.05) is 7.11 Å². The summed E-state index contributed by atoms with van der Waals surface area (Å²) >= 11 is 0. The predicted molar refractivity (Wildman–Crippen MR) is 107 cm³/mol. The Bertz CT molecular complexity index is 340. The summed E-state index contributed by atoms with van der Waals surface area (Å²) < 4.78 is 5.79. The molecule has 146 valence electrons. The molecule has 0 aliphatic carbocycles. The molecular weight excluding hydrogens is 296 g/mol. The van der Waals surface area contributed by atoms with E-state index in [9.17, 15) is 0 Å². The minimum atomic E-state index is -0.234. The molecule has 0 aromatic rings. The lowest BCUT2D eigenvalue weighted by atomic mass is 9.92. The van der Waals surface area contributed by atoms with Crippen LogP contribution < -0.4 is 0 Å². The van der Waals surface area contributed by atoms with E-state index in [1.54, 1.807) is 0 Å². The van der Waals surface area contributed by atoms with Crippen molar-refractivity contribution in [3.63, 3.8) is 0 Å². The summed E-state index contributed by atoms with van der Waals surface area (Å²) in [5.41, 5.74) is 0.658. The highest BCUT2D eigenvalue weighted by Crippen LogP contribution is 2.24. The van der Waals surface area contributed by atoms with Gasteiger partial charge in [-0.1, -0.05) is 62.3 Å². The third-order valence-electron chi connectivity index (χ3n) is 4.01. The number of methoxy groups -OCH3 is 1. The molecule has 0 unspecified atom stereocenters. The van der Waals surface area contributed by atoms with E-state index in [-0.39, 0.29) is 11.1 Å². The largest absolute Gasteiger partial charge is 0.364 e. The van der Waals surface area contributed by atoms with Crippen LogP contribution in [0, 0.1) is 16.2 Å². The monoisotopic (exact) mass is 342 g/mol. The van der Waals surface area contributed by atoms with Crippen molar-refractivity contribution in [2.75, 3.05) is 39.8 Å². The zero-order valence-electron chi connectivity index (χ0n) is 18.8. The Hall–Kier alpha value is -0.120. The number of ether oxygens (including phenoxy) is 1. The second kappa shape index (κ2) is 8.51. The summed E-state index contributed by atoms with van der Waals surface area (Å²) in [6.45, 7) is 30.6. The van der Waals surface area contributed by atoms with E-state index >= 15 is 0 Å². The van der Waals surface area contributed by atoms with E-state index in [0.29, 0.717) is 10.8 Å². The maximum atomic E-state index is 5.79.